The topological polar surface area (TPSA) is 41.1 Å². The molecule has 21 heavy (non-hydrogen) atoms. The first-order valence-corrected chi connectivity index (χ1v) is 7.32. The molecule has 0 atom stereocenters. The molecule has 0 amide bonds. The fourth-order valence-corrected chi connectivity index (χ4v) is 2.28. The lowest BCUT2D eigenvalue weighted by Gasteiger charge is -2.24. The van der Waals surface area contributed by atoms with Crippen LogP contribution in [0.2, 0.25) is 0 Å². The predicted octanol–water partition coefficient (Wildman–Crippen LogP) is 2.57. The van der Waals surface area contributed by atoms with E-state index in [1.54, 1.807) is 6.20 Å². The molecule has 0 spiro atoms. The Balaban J connectivity index is 1.71. The third-order valence-corrected chi connectivity index (χ3v) is 3.82. The Morgan fingerprint density at radius 3 is 2.52 bits per heavy atom. The number of hydrogen-bond donors (Lipinski definition) is 1. The molecule has 2 aliphatic carbocycles. The number of aromatic nitrogens is 2. The second kappa shape index (κ2) is 5.44. The van der Waals surface area contributed by atoms with Crippen molar-refractivity contribution in [3.8, 4) is 0 Å². The maximum atomic E-state index is 12.7. The average molecular weight is 300 g/mol. The molecule has 0 radical (unpaired) electrons. The molecule has 116 valence electrons. The van der Waals surface area contributed by atoms with Gasteiger partial charge in [0.25, 0.3) is 0 Å². The molecule has 1 aromatic heterocycles. The third-order valence-electron chi connectivity index (χ3n) is 3.82. The van der Waals surface area contributed by atoms with E-state index in [9.17, 15) is 13.2 Å². The summed E-state index contributed by atoms with van der Waals surface area (Å²) in [6.45, 7) is 1.53. The molecule has 0 aromatic carbocycles. The van der Waals surface area contributed by atoms with Crippen LogP contribution in [0.15, 0.2) is 6.20 Å². The molecule has 2 aliphatic rings. The Kier molecular flexibility index (Phi) is 3.77. The fourth-order valence-electron chi connectivity index (χ4n) is 2.28. The summed E-state index contributed by atoms with van der Waals surface area (Å²) in [6.07, 6.45) is 1.37. The van der Waals surface area contributed by atoms with Gasteiger partial charge in [-0.3, -0.25) is 0 Å². The molecule has 3 rings (SSSR count). The predicted molar refractivity (Wildman–Crippen MR) is 73.1 cm³/mol. The molecule has 1 aromatic rings. The van der Waals surface area contributed by atoms with Crippen LogP contribution in [0.1, 0.15) is 36.9 Å². The smallest absolute Gasteiger partial charge is 0.329 e. The first-order chi connectivity index (χ1) is 9.92. The van der Waals surface area contributed by atoms with Crippen LogP contribution in [-0.4, -0.2) is 34.8 Å². The fraction of sp³-hybridized carbons (Fsp3) is 0.714. The Hall–Kier alpha value is -1.37. The van der Waals surface area contributed by atoms with Gasteiger partial charge in [-0.15, -0.1) is 0 Å². The quantitative estimate of drug-likeness (QED) is 0.876. The van der Waals surface area contributed by atoms with Gasteiger partial charge in [-0.1, -0.05) is 0 Å². The standard InChI is InChI=1S/C14H19F3N4/c1-9-10(6-18-11-2-3-11)7-19-13(20-9)21(12-4-5-12)8-14(15,16)17/h7,11-12,18H,2-6,8H2,1H3. The van der Waals surface area contributed by atoms with Gasteiger partial charge in [0.1, 0.15) is 6.54 Å². The van der Waals surface area contributed by atoms with E-state index in [4.69, 9.17) is 0 Å². The van der Waals surface area contributed by atoms with Crippen molar-refractivity contribution < 1.29 is 13.2 Å². The lowest BCUT2D eigenvalue weighted by Crippen LogP contribution is -2.37. The number of alkyl halides is 3. The van der Waals surface area contributed by atoms with Crippen LogP contribution in [-0.2, 0) is 6.54 Å². The van der Waals surface area contributed by atoms with Crippen molar-refractivity contribution in [1.29, 1.82) is 0 Å². The van der Waals surface area contributed by atoms with Crippen LogP contribution in [0.3, 0.4) is 0 Å². The summed E-state index contributed by atoms with van der Waals surface area (Å²) < 4.78 is 38.0. The van der Waals surface area contributed by atoms with Crippen molar-refractivity contribution >= 4 is 5.95 Å². The van der Waals surface area contributed by atoms with Crippen molar-refractivity contribution in [2.75, 3.05) is 11.4 Å². The number of nitrogens with zero attached hydrogens (tertiary/aromatic N) is 3. The van der Waals surface area contributed by atoms with E-state index < -0.39 is 12.7 Å². The van der Waals surface area contributed by atoms with Gasteiger partial charge in [0, 0.05) is 36.1 Å². The van der Waals surface area contributed by atoms with Crippen LogP contribution in [0, 0.1) is 6.92 Å². The van der Waals surface area contributed by atoms with Crippen LogP contribution in [0.25, 0.3) is 0 Å². The highest BCUT2D eigenvalue weighted by Gasteiger charge is 2.39. The second-order valence-corrected chi connectivity index (χ2v) is 5.91. The third kappa shape index (κ3) is 4.06. The van der Waals surface area contributed by atoms with Gasteiger partial charge in [0.05, 0.1) is 0 Å². The Morgan fingerprint density at radius 2 is 2.00 bits per heavy atom. The number of anilines is 1. The SMILES string of the molecule is Cc1nc(N(CC(F)(F)F)C2CC2)ncc1CNC1CC1. The highest BCUT2D eigenvalue weighted by molar-refractivity contribution is 5.36. The number of nitrogens with one attached hydrogen (secondary N) is 1. The Morgan fingerprint density at radius 1 is 1.29 bits per heavy atom. The molecule has 1 N–H and O–H groups in total. The zero-order valence-corrected chi connectivity index (χ0v) is 12.0. The molecule has 0 unspecified atom stereocenters. The average Bonchev–Trinajstić information content (AvgIpc) is 3.26. The zero-order chi connectivity index (χ0) is 15.0. The van der Waals surface area contributed by atoms with Gasteiger partial charge in [0.15, 0.2) is 0 Å². The molecular formula is C14H19F3N4. The van der Waals surface area contributed by atoms with Gasteiger partial charge in [-0.25, -0.2) is 9.97 Å². The molecule has 0 aliphatic heterocycles. The summed E-state index contributed by atoms with van der Waals surface area (Å²) in [6, 6.07) is 0.513. The van der Waals surface area contributed by atoms with E-state index in [1.165, 1.54) is 17.7 Å². The van der Waals surface area contributed by atoms with Gasteiger partial charge in [0.2, 0.25) is 5.95 Å². The van der Waals surface area contributed by atoms with E-state index in [2.05, 4.69) is 15.3 Å². The lowest BCUT2D eigenvalue weighted by molar-refractivity contribution is -0.120. The van der Waals surface area contributed by atoms with Gasteiger partial charge >= 0.3 is 6.18 Å². The number of hydrogen-bond acceptors (Lipinski definition) is 4. The minimum absolute atomic E-state index is 0.0681. The normalized spacial score (nSPS) is 18.9. The molecule has 0 bridgehead atoms. The highest BCUT2D eigenvalue weighted by atomic mass is 19.4. The number of halogens is 3. The lowest BCUT2D eigenvalue weighted by atomic mass is 10.2. The molecule has 0 saturated heterocycles. The maximum absolute atomic E-state index is 12.7. The summed E-state index contributed by atoms with van der Waals surface area (Å²) in [7, 11) is 0. The summed E-state index contributed by atoms with van der Waals surface area (Å²) in [5.74, 6) is 0.197. The molecule has 7 heteroatoms. The summed E-state index contributed by atoms with van der Waals surface area (Å²) in [4.78, 5) is 9.73. The Bertz CT molecular complexity index is 509. The van der Waals surface area contributed by atoms with Crippen LogP contribution < -0.4 is 10.2 Å². The first-order valence-electron chi connectivity index (χ1n) is 7.32. The molecular weight excluding hydrogens is 281 g/mol. The van der Waals surface area contributed by atoms with Gasteiger partial charge in [-0.05, 0) is 32.6 Å². The van der Waals surface area contributed by atoms with Crippen LogP contribution in [0.5, 0.6) is 0 Å². The van der Waals surface area contributed by atoms with E-state index in [0.717, 1.165) is 24.1 Å². The van der Waals surface area contributed by atoms with Gasteiger partial charge in [-0.2, -0.15) is 13.2 Å². The van der Waals surface area contributed by atoms with E-state index >= 15 is 0 Å². The first kappa shape index (κ1) is 14.6. The van der Waals surface area contributed by atoms with E-state index in [-0.39, 0.29) is 12.0 Å². The largest absolute Gasteiger partial charge is 0.406 e. The van der Waals surface area contributed by atoms with Crippen LogP contribution >= 0.6 is 0 Å². The molecule has 1 heterocycles. The maximum Gasteiger partial charge on any atom is 0.406 e. The summed E-state index contributed by atoms with van der Waals surface area (Å²) in [5.41, 5.74) is 1.70. The number of rotatable bonds is 6. The van der Waals surface area contributed by atoms with E-state index in [1.807, 2.05) is 6.92 Å². The summed E-state index contributed by atoms with van der Waals surface area (Å²) in [5, 5.41) is 3.36. The minimum atomic E-state index is -4.23. The van der Waals surface area contributed by atoms with Crippen molar-refractivity contribution in [1.82, 2.24) is 15.3 Å². The van der Waals surface area contributed by atoms with E-state index in [0.29, 0.717) is 12.6 Å². The molecule has 4 nitrogen and oxygen atoms in total. The number of aryl methyl sites for hydroxylation is 1. The molecule has 2 saturated carbocycles. The highest BCUT2D eigenvalue weighted by Crippen LogP contribution is 2.32. The van der Waals surface area contributed by atoms with Crippen molar-refractivity contribution in [3.63, 3.8) is 0 Å². The van der Waals surface area contributed by atoms with Gasteiger partial charge < -0.3 is 10.2 Å². The summed E-state index contributed by atoms with van der Waals surface area (Å²) >= 11 is 0. The van der Waals surface area contributed by atoms with Crippen molar-refractivity contribution in [3.05, 3.63) is 17.5 Å². The second-order valence-electron chi connectivity index (χ2n) is 5.91. The minimum Gasteiger partial charge on any atom is -0.329 e. The van der Waals surface area contributed by atoms with Crippen LogP contribution in [0.4, 0.5) is 19.1 Å². The monoisotopic (exact) mass is 300 g/mol. The van der Waals surface area contributed by atoms with Crippen molar-refractivity contribution in [2.24, 2.45) is 0 Å². The molecule has 2 fully saturated rings. The zero-order valence-electron chi connectivity index (χ0n) is 12.0. The van der Waals surface area contributed by atoms with Crippen molar-refractivity contribution in [2.45, 2.75) is 57.4 Å². The Labute approximate surface area is 121 Å².